The van der Waals surface area contributed by atoms with Crippen LogP contribution in [0, 0.1) is 5.92 Å². The van der Waals surface area contributed by atoms with Crippen LogP contribution in [0.2, 0.25) is 0 Å². The lowest BCUT2D eigenvalue weighted by Crippen LogP contribution is -2.65. The molecule has 0 amide bonds. The maximum absolute atomic E-state index is 11.3. The summed E-state index contributed by atoms with van der Waals surface area (Å²) in [5, 5.41) is 14.3. The molecule has 3 aliphatic rings. The smallest absolute Gasteiger partial charge is 0.397 e. The summed E-state index contributed by atoms with van der Waals surface area (Å²) in [5.74, 6) is 0.772. The van der Waals surface area contributed by atoms with Gasteiger partial charge in [0.1, 0.15) is 6.10 Å². The predicted octanol–water partition coefficient (Wildman–Crippen LogP) is -0.474. The molecule has 2 saturated heterocycles. The highest BCUT2D eigenvalue weighted by molar-refractivity contribution is 7.80. The van der Waals surface area contributed by atoms with E-state index in [1.807, 2.05) is 6.92 Å². The van der Waals surface area contributed by atoms with E-state index in [1.165, 1.54) is 20.3 Å². The van der Waals surface area contributed by atoms with Gasteiger partial charge in [0.25, 0.3) is 0 Å². The van der Waals surface area contributed by atoms with Gasteiger partial charge in [-0.25, -0.2) is 4.18 Å². The molecule has 1 aromatic rings. The molecule has 2 fully saturated rings. The van der Waals surface area contributed by atoms with E-state index in [0.29, 0.717) is 31.0 Å². The molecule has 0 bridgehead atoms. The van der Waals surface area contributed by atoms with Gasteiger partial charge >= 0.3 is 16.4 Å². The van der Waals surface area contributed by atoms with Gasteiger partial charge in [0, 0.05) is 18.0 Å². The fourth-order valence-corrected chi connectivity index (χ4v) is 5.09. The Bertz CT molecular complexity index is 920. The zero-order chi connectivity index (χ0) is 21.6. The van der Waals surface area contributed by atoms with Crippen LogP contribution in [-0.2, 0) is 14.6 Å². The van der Waals surface area contributed by atoms with Crippen molar-refractivity contribution in [1.82, 2.24) is 20.2 Å². The number of piperidine rings is 1. The molecule has 166 valence electrons. The second-order valence-corrected chi connectivity index (χ2v) is 8.75. The topological polar surface area (TPSA) is 156 Å². The molecule has 1 aromatic heterocycles. The van der Waals surface area contributed by atoms with Crippen molar-refractivity contribution in [1.29, 1.82) is 0 Å². The average Bonchev–Trinajstić information content (AvgIpc) is 3.14. The molecular weight excluding hydrogens is 418 g/mol. The summed E-state index contributed by atoms with van der Waals surface area (Å²) in [6, 6.07) is 1.01. The largest absolute Gasteiger partial charge is 0.481 e. The van der Waals surface area contributed by atoms with Crippen LogP contribution in [0.5, 0.6) is 11.9 Å². The summed E-state index contributed by atoms with van der Waals surface area (Å²) in [7, 11) is -1.68. The van der Waals surface area contributed by atoms with Crippen molar-refractivity contribution in [3.05, 3.63) is 11.8 Å². The molecule has 0 radical (unpaired) electrons. The van der Waals surface area contributed by atoms with Crippen LogP contribution in [0.25, 0.3) is 0 Å². The molecule has 4 rings (SSSR count). The van der Waals surface area contributed by atoms with E-state index in [-0.39, 0.29) is 29.9 Å². The number of methoxy groups -OCH3 is 2. The van der Waals surface area contributed by atoms with Crippen molar-refractivity contribution in [2.24, 2.45) is 10.9 Å². The van der Waals surface area contributed by atoms with Gasteiger partial charge in [-0.2, -0.15) is 18.4 Å². The quantitative estimate of drug-likeness (QED) is 0.488. The Morgan fingerprint density at radius 1 is 1.27 bits per heavy atom. The summed E-state index contributed by atoms with van der Waals surface area (Å²) in [6.45, 7) is 2.36. The van der Waals surface area contributed by atoms with Gasteiger partial charge in [-0.15, -0.1) is 0 Å². The lowest BCUT2D eigenvalue weighted by molar-refractivity contribution is -0.00938. The minimum atomic E-state index is -4.57. The number of nitrogens with one attached hydrogen (secondary N) is 1. The Balaban J connectivity index is 1.57. The number of aliphatic hydroxyl groups excluding tert-OH is 1. The van der Waals surface area contributed by atoms with Crippen molar-refractivity contribution in [3.63, 3.8) is 0 Å². The van der Waals surface area contributed by atoms with Gasteiger partial charge in [-0.05, 0) is 12.8 Å². The number of ether oxygens (including phenoxy) is 2. The van der Waals surface area contributed by atoms with Crippen LogP contribution in [-0.4, -0.2) is 83.9 Å². The molecule has 0 saturated carbocycles. The monoisotopic (exact) mass is 443 g/mol. The van der Waals surface area contributed by atoms with Crippen LogP contribution >= 0.6 is 0 Å². The SMILES string of the molecule is COc1cc([C@H](O)[C@@H]2C[C@@H]3C[C@@H](OS(=O)(=O)O)[C@@H](C)[C@@H]4CN=C(N2)N34)nc(OC)n1. The number of aliphatic imine (C=N–C) groups is 1. The first kappa shape index (κ1) is 21.0. The zero-order valence-corrected chi connectivity index (χ0v) is 17.6. The normalized spacial score (nSPS) is 31.4. The average molecular weight is 443 g/mol. The minimum absolute atomic E-state index is 0.0460. The third kappa shape index (κ3) is 3.89. The first-order chi connectivity index (χ1) is 14.2. The minimum Gasteiger partial charge on any atom is -0.481 e. The lowest BCUT2D eigenvalue weighted by atomic mass is 9.81. The highest BCUT2D eigenvalue weighted by Gasteiger charge is 2.50. The lowest BCUT2D eigenvalue weighted by Gasteiger charge is -2.50. The van der Waals surface area contributed by atoms with E-state index in [2.05, 4.69) is 25.2 Å². The molecule has 13 heteroatoms. The van der Waals surface area contributed by atoms with Gasteiger partial charge in [-0.1, -0.05) is 6.92 Å². The Labute approximate surface area is 174 Å². The van der Waals surface area contributed by atoms with Crippen LogP contribution in [0.15, 0.2) is 11.1 Å². The fraction of sp³-hybridized carbons (Fsp3) is 0.706. The van der Waals surface area contributed by atoms with E-state index in [0.717, 1.165) is 0 Å². The Morgan fingerprint density at radius 3 is 2.70 bits per heavy atom. The van der Waals surface area contributed by atoms with Gasteiger partial charge in [0.05, 0.1) is 44.6 Å². The molecule has 4 heterocycles. The molecule has 0 spiro atoms. The zero-order valence-electron chi connectivity index (χ0n) is 16.8. The van der Waals surface area contributed by atoms with E-state index in [4.69, 9.17) is 18.2 Å². The Hall–Kier alpha value is -2.22. The number of hydrogen-bond donors (Lipinski definition) is 3. The van der Waals surface area contributed by atoms with Crippen molar-refractivity contribution in [2.45, 2.75) is 50.1 Å². The summed E-state index contributed by atoms with van der Waals surface area (Å²) in [6.07, 6.45) is -0.822. The number of guanidine groups is 1. The number of rotatable bonds is 6. The standard InChI is InChI=1S/C17H25N5O7S/c1-8-12-7-18-16-19-10(4-9(22(12)16)5-13(8)29-30(24,25)26)15(23)11-6-14(27-2)21-17(20-11)28-3/h6,8-10,12-13,15,23H,4-5,7H2,1-3H3,(H,18,19)(H,24,25,26)/t8-,9+,10-,12-,13+,15+/m0/s1. The van der Waals surface area contributed by atoms with E-state index >= 15 is 0 Å². The van der Waals surface area contributed by atoms with E-state index in [9.17, 15) is 13.5 Å². The molecule has 0 aliphatic carbocycles. The van der Waals surface area contributed by atoms with Crippen LogP contribution in [0.1, 0.15) is 31.6 Å². The molecule has 30 heavy (non-hydrogen) atoms. The highest BCUT2D eigenvalue weighted by Crippen LogP contribution is 2.39. The van der Waals surface area contributed by atoms with Crippen molar-refractivity contribution in [2.75, 3.05) is 20.8 Å². The summed E-state index contributed by atoms with van der Waals surface area (Å²) < 4.78 is 46.9. The van der Waals surface area contributed by atoms with Crippen LogP contribution in [0.4, 0.5) is 0 Å². The van der Waals surface area contributed by atoms with Crippen molar-refractivity contribution in [3.8, 4) is 11.9 Å². The van der Waals surface area contributed by atoms with Crippen molar-refractivity contribution < 1.29 is 31.7 Å². The summed E-state index contributed by atoms with van der Waals surface area (Å²) in [4.78, 5) is 14.9. The highest BCUT2D eigenvalue weighted by atomic mass is 32.3. The fourth-order valence-electron chi connectivity index (χ4n) is 4.53. The number of aromatic nitrogens is 2. The van der Waals surface area contributed by atoms with E-state index < -0.39 is 28.6 Å². The predicted molar refractivity (Wildman–Crippen MR) is 104 cm³/mol. The summed E-state index contributed by atoms with van der Waals surface area (Å²) >= 11 is 0. The first-order valence-corrected chi connectivity index (χ1v) is 11.0. The molecule has 3 N–H and O–H groups in total. The molecule has 6 atom stereocenters. The third-order valence-electron chi connectivity index (χ3n) is 5.98. The maximum atomic E-state index is 11.3. The second-order valence-electron chi connectivity index (χ2n) is 7.70. The van der Waals surface area contributed by atoms with E-state index in [1.54, 1.807) is 0 Å². The first-order valence-electron chi connectivity index (χ1n) is 9.60. The molecular formula is C17H25N5O7S. The molecule has 0 unspecified atom stereocenters. The molecule has 12 nitrogen and oxygen atoms in total. The number of nitrogens with zero attached hydrogens (tertiary/aromatic N) is 4. The second kappa shape index (κ2) is 7.80. The maximum Gasteiger partial charge on any atom is 0.397 e. The summed E-state index contributed by atoms with van der Waals surface area (Å²) in [5.41, 5.74) is 0.328. The Morgan fingerprint density at radius 2 is 2.03 bits per heavy atom. The number of aliphatic hydroxyl groups is 1. The van der Waals surface area contributed by atoms with Crippen LogP contribution < -0.4 is 14.8 Å². The van der Waals surface area contributed by atoms with Crippen molar-refractivity contribution >= 4 is 16.4 Å². The third-order valence-corrected chi connectivity index (χ3v) is 6.48. The van der Waals surface area contributed by atoms with Gasteiger partial charge in [-0.3, -0.25) is 9.55 Å². The van der Waals surface area contributed by atoms with Gasteiger partial charge in [0.2, 0.25) is 5.88 Å². The number of hydrogen-bond acceptors (Lipinski definition) is 11. The molecule has 0 aromatic carbocycles. The Kier molecular flexibility index (Phi) is 5.46. The van der Waals surface area contributed by atoms with Gasteiger partial charge < -0.3 is 24.8 Å². The van der Waals surface area contributed by atoms with Gasteiger partial charge in [0.15, 0.2) is 5.96 Å². The molecule has 3 aliphatic heterocycles. The van der Waals surface area contributed by atoms with Crippen LogP contribution in [0.3, 0.4) is 0 Å².